The Hall–Kier alpha value is -1.98. The molecule has 8 atom stereocenters. The number of ether oxygens (including phenoxy) is 1. The number of hydrogen-bond donors (Lipinski definition) is 2. The number of nitrogens with zero attached hydrogens (tertiary/aromatic N) is 1. The normalized spacial score (nSPS) is 39.3. The lowest BCUT2D eigenvalue weighted by Crippen LogP contribution is -2.50. The minimum absolute atomic E-state index is 0.127. The zero-order chi connectivity index (χ0) is 23.4. The summed E-state index contributed by atoms with van der Waals surface area (Å²) in [5.74, 6) is 1.58. The van der Waals surface area contributed by atoms with E-state index in [1.807, 2.05) is 12.4 Å². The second-order valence-corrected chi connectivity index (χ2v) is 11.4. The molecule has 178 valence electrons. The molecule has 0 aromatic carbocycles. The van der Waals surface area contributed by atoms with Crippen molar-refractivity contribution < 1.29 is 14.6 Å². The van der Waals surface area contributed by atoms with Crippen molar-refractivity contribution in [1.82, 2.24) is 4.98 Å². The van der Waals surface area contributed by atoms with Crippen molar-refractivity contribution >= 4 is 11.5 Å². The maximum Gasteiger partial charge on any atom is 0.325 e. The van der Waals surface area contributed by atoms with E-state index in [0.29, 0.717) is 17.8 Å². The van der Waals surface area contributed by atoms with Gasteiger partial charge in [-0.2, -0.15) is 0 Å². The molecule has 1 aromatic heterocycles. The van der Waals surface area contributed by atoms with Crippen LogP contribution in [0, 0.1) is 28.6 Å². The Kier molecular flexibility index (Phi) is 5.77. The molecule has 0 aliphatic heterocycles. The summed E-state index contributed by atoms with van der Waals surface area (Å²) in [4.78, 5) is 16.7. The molecule has 5 rings (SSSR count). The number of hydrogen-bond acceptors (Lipinski definition) is 5. The smallest absolute Gasteiger partial charge is 0.325 e. The molecular formula is C28H38N2O3. The molecule has 4 aliphatic carbocycles. The highest BCUT2D eigenvalue weighted by Gasteiger charge is 2.57. The number of fused-ring (bicyclic) bond motifs is 5. The highest BCUT2D eigenvalue weighted by molar-refractivity contribution is 5.76. The van der Waals surface area contributed by atoms with Crippen LogP contribution in [0.2, 0.25) is 0 Å². The molecule has 33 heavy (non-hydrogen) atoms. The average Bonchev–Trinajstić information content (AvgIpc) is 3.16. The maximum atomic E-state index is 12.3. The van der Waals surface area contributed by atoms with Gasteiger partial charge < -0.3 is 15.6 Å². The number of allylic oxidation sites excluding steroid dienone is 3. The predicted octanol–water partition coefficient (Wildman–Crippen LogP) is 4.66. The van der Waals surface area contributed by atoms with Crippen molar-refractivity contribution in [2.75, 3.05) is 0 Å². The Labute approximate surface area is 197 Å². The van der Waals surface area contributed by atoms with Crippen LogP contribution in [0.25, 0.3) is 5.57 Å². The summed E-state index contributed by atoms with van der Waals surface area (Å²) in [5, 5.41) is 9.62. The molecule has 2 saturated carbocycles. The summed E-state index contributed by atoms with van der Waals surface area (Å²) < 4.78 is 5.71. The molecule has 3 N–H and O–H groups in total. The van der Waals surface area contributed by atoms with E-state index >= 15 is 0 Å². The van der Waals surface area contributed by atoms with Crippen molar-refractivity contribution in [3.63, 3.8) is 0 Å². The first kappa shape index (κ1) is 22.8. The number of aliphatic hydroxyl groups is 1. The van der Waals surface area contributed by atoms with Crippen LogP contribution < -0.4 is 5.73 Å². The molecule has 0 spiro atoms. The van der Waals surface area contributed by atoms with Crippen molar-refractivity contribution in [3.8, 4) is 0 Å². The van der Waals surface area contributed by atoms with Gasteiger partial charge in [-0.1, -0.05) is 37.6 Å². The Balaban J connectivity index is 1.33. The zero-order valence-corrected chi connectivity index (χ0v) is 20.2. The van der Waals surface area contributed by atoms with Crippen LogP contribution in [0.4, 0.5) is 0 Å². The van der Waals surface area contributed by atoms with Gasteiger partial charge in [0.05, 0.1) is 6.10 Å². The Morgan fingerprint density at radius 3 is 2.70 bits per heavy atom. The van der Waals surface area contributed by atoms with E-state index in [2.05, 4.69) is 43.1 Å². The number of carbonyl (C=O) groups excluding carboxylic acids is 1. The molecule has 5 heteroatoms. The van der Waals surface area contributed by atoms with Crippen molar-refractivity contribution in [2.45, 2.75) is 84.0 Å². The number of pyridine rings is 1. The molecule has 1 unspecified atom stereocenters. The fourth-order valence-electron chi connectivity index (χ4n) is 7.70. The lowest BCUT2D eigenvalue weighted by molar-refractivity contribution is -0.155. The number of carbonyl (C=O) groups is 1. The molecule has 0 saturated heterocycles. The Morgan fingerprint density at radius 1 is 1.18 bits per heavy atom. The van der Waals surface area contributed by atoms with Gasteiger partial charge in [0.15, 0.2) is 0 Å². The van der Waals surface area contributed by atoms with Gasteiger partial charge in [-0.25, -0.2) is 0 Å². The number of esters is 1. The third-order valence-electron chi connectivity index (χ3n) is 9.69. The summed E-state index contributed by atoms with van der Waals surface area (Å²) in [6.45, 7) is 6.48. The number of nitrogens with two attached hydrogens (primary N) is 1. The van der Waals surface area contributed by atoms with Crippen molar-refractivity contribution in [1.29, 1.82) is 0 Å². The molecule has 0 radical (unpaired) electrons. The monoisotopic (exact) mass is 450 g/mol. The SMILES string of the molecule is C[C@@H](O)C(N)C(=O)O[C@H]1CC[C@@]2(C)C(=CC[C@@H]3[C@@H]2CC[C@]2(C)C(c4cccnc4)=CC[C@@H]32)C1. The van der Waals surface area contributed by atoms with Gasteiger partial charge in [0.1, 0.15) is 12.1 Å². The van der Waals surface area contributed by atoms with Gasteiger partial charge in [0.25, 0.3) is 0 Å². The van der Waals surface area contributed by atoms with Crippen molar-refractivity contribution in [3.05, 3.63) is 47.8 Å². The molecule has 2 fully saturated rings. The molecular weight excluding hydrogens is 412 g/mol. The molecule has 1 heterocycles. The van der Waals surface area contributed by atoms with Crippen LogP contribution in [-0.2, 0) is 9.53 Å². The van der Waals surface area contributed by atoms with Gasteiger partial charge in [0.2, 0.25) is 0 Å². The largest absolute Gasteiger partial charge is 0.461 e. The minimum atomic E-state index is -0.970. The van der Waals surface area contributed by atoms with E-state index in [1.54, 1.807) is 0 Å². The maximum absolute atomic E-state index is 12.3. The molecule has 4 aliphatic rings. The van der Waals surface area contributed by atoms with Crippen molar-refractivity contribution in [2.24, 2.45) is 34.3 Å². The third kappa shape index (κ3) is 3.68. The molecule has 5 nitrogen and oxygen atoms in total. The van der Waals surface area contributed by atoms with Crippen LogP contribution in [0.1, 0.15) is 71.3 Å². The summed E-state index contributed by atoms with van der Waals surface area (Å²) in [6, 6.07) is 3.29. The van der Waals surface area contributed by atoms with E-state index in [1.165, 1.54) is 42.9 Å². The average molecular weight is 451 g/mol. The van der Waals surface area contributed by atoms with E-state index < -0.39 is 18.1 Å². The summed E-state index contributed by atoms with van der Waals surface area (Å²) in [7, 11) is 0. The first-order chi connectivity index (χ1) is 15.7. The quantitative estimate of drug-likeness (QED) is 0.515. The van der Waals surface area contributed by atoms with E-state index in [-0.39, 0.29) is 16.9 Å². The third-order valence-corrected chi connectivity index (χ3v) is 9.69. The summed E-state index contributed by atoms with van der Waals surface area (Å²) in [6.07, 6.45) is 15.3. The lowest BCUT2D eigenvalue weighted by Gasteiger charge is -2.57. The summed E-state index contributed by atoms with van der Waals surface area (Å²) in [5.41, 5.74) is 10.5. The first-order valence-electron chi connectivity index (χ1n) is 12.7. The minimum Gasteiger partial charge on any atom is -0.461 e. The Morgan fingerprint density at radius 2 is 1.97 bits per heavy atom. The van der Waals surface area contributed by atoms with Crippen LogP contribution in [0.15, 0.2) is 42.3 Å². The standard InChI is InChI=1S/C28H38N2O3/c1-17(31)25(29)26(32)33-20-10-12-27(2)19(15-20)6-7-21-23-9-8-22(18-5-4-14-30-16-18)28(23,3)13-11-24(21)27/h4-6,8,14,16-17,20-21,23-25,31H,7,9-13,15,29H2,1-3H3/t17-,20+,21+,23+,24+,25?,27+,28-/m1/s1. The van der Waals surface area contributed by atoms with E-state index in [4.69, 9.17) is 10.5 Å². The van der Waals surface area contributed by atoms with Crippen LogP contribution in [0.3, 0.4) is 0 Å². The van der Waals surface area contributed by atoms with Gasteiger partial charge in [0, 0.05) is 18.8 Å². The lowest BCUT2D eigenvalue weighted by atomic mass is 9.47. The van der Waals surface area contributed by atoms with E-state index in [0.717, 1.165) is 25.7 Å². The summed E-state index contributed by atoms with van der Waals surface area (Å²) >= 11 is 0. The second-order valence-electron chi connectivity index (χ2n) is 11.4. The molecule has 0 amide bonds. The highest BCUT2D eigenvalue weighted by atomic mass is 16.5. The number of rotatable bonds is 4. The fraction of sp³-hybridized carbons (Fsp3) is 0.643. The van der Waals surface area contributed by atoms with Gasteiger partial charge in [-0.15, -0.1) is 0 Å². The van der Waals surface area contributed by atoms with E-state index in [9.17, 15) is 9.90 Å². The van der Waals surface area contributed by atoms with Crippen LogP contribution in [-0.4, -0.2) is 34.3 Å². The number of aromatic nitrogens is 1. The zero-order valence-electron chi connectivity index (χ0n) is 20.2. The Bertz CT molecular complexity index is 971. The predicted molar refractivity (Wildman–Crippen MR) is 129 cm³/mol. The highest BCUT2D eigenvalue weighted by Crippen LogP contribution is 2.66. The topological polar surface area (TPSA) is 85.4 Å². The van der Waals surface area contributed by atoms with Gasteiger partial charge >= 0.3 is 5.97 Å². The molecule has 1 aromatic rings. The van der Waals surface area contributed by atoms with Gasteiger partial charge in [-0.05, 0) is 91.2 Å². The number of aliphatic hydroxyl groups excluding tert-OH is 1. The first-order valence-corrected chi connectivity index (χ1v) is 12.7. The van der Waals surface area contributed by atoms with Gasteiger partial charge in [-0.3, -0.25) is 9.78 Å². The second kappa shape index (κ2) is 8.35. The fourth-order valence-corrected chi connectivity index (χ4v) is 7.70. The molecule has 0 bridgehead atoms. The van der Waals surface area contributed by atoms with Crippen LogP contribution >= 0.6 is 0 Å². The van der Waals surface area contributed by atoms with Crippen LogP contribution in [0.5, 0.6) is 0 Å².